The van der Waals surface area contributed by atoms with Crippen LogP contribution >= 0.6 is 0 Å². The molecule has 0 atom stereocenters. The van der Waals surface area contributed by atoms with Crippen molar-refractivity contribution in [2.45, 2.75) is 33.6 Å². The van der Waals surface area contributed by atoms with E-state index in [0.717, 1.165) is 22.5 Å². The number of carbonyl (C=O) groups excluding carboxylic acids is 1. The average molecular weight is 374 g/mol. The minimum Gasteiger partial charge on any atom is -0.320 e. The molecule has 3 rings (SSSR count). The molecular formula is C23H26N4O. The van der Waals surface area contributed by atoms with Crippen molar-refractivity contribution in [2.24, 2.45) is 0 Å². The molecule has 144 valence electrons. The molecule has 5 nitrogen and oxygen atoms in total. The van der Waals surface area contributed by atoms with E-state index in [1.165, 1.54) is 0 Å². The van der Waals surface area contributed by atoms with Crippen LogP contribution < -0.4 is 10.2 Å². The molecule has 0 bridgehead atoms. The molecule has 28 heavy (non-hydrogen) atoms. The summed E-state index contributed by atoms with van der Waals surface area (Å²) in [5, 5.41) is 3.05. The summed E-state index contributed by atoms with van der Waals surface area (Å²) < 4.78 is 0. The summed E-state index contributed by atoms with van der Waals surface area (Å²) in [5.41, 5.74) is 4.34. The van der Waals surface area contributed by atoms with Gasteiger partial charge in [0, 0.05) is 24.1 Å². The van der Waals surface area contributed by atoms with Gasteiger partial charge >= 0.3 is 0 Å². The number of aryl methyl sites for hydroxylation is 1. The molecule has 0 unspecified atom stereocenters. The summed E-state index contributed by atoms with van der Waals surface area (Å²) in [6, 6.07) is 17.6. The standard InChI is InChI=1S/C23H26N4O/c1-5-27(18-11-7-6-8-12-18)23-24-15-14-20(25-23)22(28)26-21-17(4)10-9-13-19(21)16(2)3/h6-16H,5H2,1-4H3,(H,26,28). The van der Waals surface area contributed by atoms with Gasteiger partial charge in [-0.2, -0.15) is 0 Å². The van der Waals surface area contributed by atoms with Crippen molar-refractivity contribution in [2.75, 3.05) is 16.8 Å². The van der Waals surface area contributed by atoms with Crippen molar-refractivity contribution in [1.82, 2.24) is 9.97 Å². The van der Waals surface area contributed by atoms with E-state index < -0.39 is 0 Å². The van der Waals surface area contributed by atoms with Crippen LogP contribution in [0.4, 0.5) is 17.3 Å². The van der Waals surface area contributed by atoms with E-state index in [2.05, 4.69) is 29.1 Å². The van der Waals surface area contributed by atoms with E-state index in [0.29, 0.717) is 24.1 Å². The molecule has 1 amide bonds. The summed E-state index contributed by atoms with van der Waals surface area (Å²) in [6.45, 7) is 8.97. The predicted octanol–water partition coefficient (Wildman–Crippen LogP) is 5.32. The Morgan fingerprint density at radius 3 is 2.50 bits per heavy atom. The second kappa shape index (κ2) is 8.65. The minimum absolute atomic E-state index is 0.232. The van der Waals surface area contributed by atoms with Crippen LogP contribution in [-0.2, 0) is 0 Å². The number of para-hydroxylation sites is 2. The van der Waals surface area contributed by atoms with Gasteiger partial charge in [-0.3, -0.25) is 4.79 Å². The van der Waals surface area contributed by atoms with Gasteiger partial charge in [-0.15, -0.1) is 0 Å². The highest BCUT2D eigenvalue weighted by Crippen LogP contribution is 2.28. The summed E-state index contributed by atoms with van der Waals surface area (Å²) in [7, 11) is 0. The summed E-state index contributed by atoms with van der Waals surface area (Å²) in [5.74, 6) is 0.587. The second-order valence-electron chi connectivity index (χ2n) is 6.97. The maximum absolute atomic E-state index is 12.9. The normalized spacial score (nSPS) is 10.8. The van der Waals surface area contributed by atoms with Crippen LogP contribution in [0.1, 0.15) is 48.3 Å². The highest BCUT2D eigenvalue weighted by molar-refractivity contribution is 6.04. The van der Waals surface area contributed by atoms with Crippen LogP contribution in [0.3, 0.4) is 0 Å². The minimum atomic E-state index is -0.232. The SMILES string of the molecule is CCN(c1ccccc1)c1nccc(C(=O)Nc2c(C)cccc2C(C)C)n1. The van der Waals surface area contributed by atoms with E-state index in [4.69, 9.17) is 0 Å². The predicted molar refractivity (Wildman–Crippen MR) is 114 cm³/mol. The molecule has 0 saturated heterocycles. The number of nitrogens with one attached hydrogen (secondary N) is 1. The van der Waals surface area contributed by atoms with Gasteiger partial charge < -0.3 is 10.2 Å². The lowest BCUT2D eigenvalue weighted by molar-refractivity contribution is 0.102. The van der Waals surface area contributed by atoms with Crippen LogP contribution in [0.5, 0.6) is 0 Å². The Morgan fingerprint density at radius 2 is 1.82 bits per heavy atom. The molecule has 0 aliphatic heterocycles. The second-order valence-corrected chi connectivity index (χ2v) is 6.97. The Hall–Kier alpha value is -3.21. The fraction of sp³-hybridized carbons (Fsp3) is 0.261. The number of hydrogen-bond donors (Lipinski definition) is 1. The van der Waals surface area contributed by atoms with Crippen LogP contribution in [0.2, 0.25) is 0 Å². The molecule has 1 N–H and O–H groups in total. The molecule has 3 aromatic rings. The van der Waals surface area contributed by atoms with Gasteiger partial charge in [0.25, 0.3) is 5.91 Å². The Labute approximate surface area is 166 Å². The van der Waals surface area contributed by atoms with E-state index in [1.54, 1.807) is 12.3 Å². The van der Waals surface area contributed by atoms with E-state index in [9.17, 15) is 4.79 Å². The fourth-order valence-corrected chi connectivity index (χ4v) is 3.17. The summed E-state index contributed by atoms with van der Waals surface area (Å²) >= 11 is 0. The van der Waals surface area contributed by atoms with Gasteiger partial charge in [0.05, 0.1) is 0 Å². The zero-order chi connectivity index (χ0) is 20.1. The van der Waals surface area contributed by atoms with Crippen molar-refractivity contribution in [3.63, 3.8) is 0 Å². The summed E-state index contributed by atoms with van der Waals surface area (Å²) in [4.78, 5) is 23.8. The van der Waals surface area contributed by atoms with Gasteiger partial charge in [-0.05, 0) is 49.1 Å². The first-order valence-corrected chi connectivity index (χ1v) is 9.57. The number of anilines is 3. The monoisotopic (exact) mass is 374 g/mol. The lowest BCUT2D eigenvalue weighted by atomic mass is 9.98. The molecule has 1 heterocycles. The van der Waals surface area contributed by atoms with Crippen LogP contribution in [0.25, 0.3) is 0 Å². The molecule has 0 aliphatic rings. The first-order valence-electron chi connectivity index (χ1n) is 9.57. The Bertz CT molecular complexity index is 954. The van der Waals surface area contributed by atoms with Gasteiger partial charge in [0.15, 0.2) is 0 Å². The lowest BCUT2D eigenvalue weighted by Gasteiger charge is -2.21. The number of aromatic nitrogens is 2. The molecule has 0 fully saturated rings. The van der Waals surface area contributed by atoms with Gasteiger partial charge in [0.1, 0.15) is 5.69 Å². The van der Waals surface area contributed by atoms with Crippen molar-refractivity contribution in [3.05, 3.63) is 77.6 Å². The molecular weight excluding hydrogens is 348 g/mol. The zero-order valence-electron chi connectivity index (χ0n) is 16.8. The topological polar surface area (TPSA) is 58.1 Å². The van der Waals surface area contributed by atoms with Crippen LogP contribution in [-0.4, -0.2) is 22.4 Å². The van der Waals surface area contributed by atoms with Gasteiger partial charge in [-0.1, -0.05) is 50.2 Å². The van der Waals surface area contributed by atoms with Crippen LogP contribution in [0.15, 0.2) is 60.8 Å². The molecule has 0 radical (unpaired) electrons. The quantitative estimate of drug-likeness (QED) is 0.634. The number of carbonyl (C=O) groups is 1. The lowest BCUT2D eigenvalue weighted by Crippen LogP contribution is -2.22. The van der Waals surface area contributed by atoms with E-state index >= 15 is 0 Å². The van der Waals surface area contributed by atoms with Gasteiger partial charge in [0.2, 0.25) is 5.95 Å². The number of benzene rings is 2. The Morgan fingerprint density at radius 1 is 1.07 bits per heavy atom. The maximum atomic E-state index is 12.9. The van der Waals surface area contributed by atoms with Crippen molar-refractivity contribution in [1.29, 1.82) is 0 Å². The third kappa shape index (κ3) is 4.19. The third-order valence-electron chi connectivity index (χ3n) is 4.67. The third-order valence-corrected chi connectivity index (χ3v) is 4.67. The number of amides is 1. The van der Waals surface area contributed by atoms with Crippen molar-refractivity contribution >= 4 is 23.2 Å². The highest BCUT2D eigenvalue weighted by Gasteiger charge is 2.17. The van der Waals surface area contributed by atoms with E-state index in [-0.39, 0.29) is 5.91 Å². The molecule has 5 heteroatoms. The fourth-order valence-electron chi connectivity index (χ4n) is 3.17. The molecule has 2 aromatic carbocycles. The first kappa shape index (κ1) is 19.5. The van der Waals surface area contributed by atoms with Crippen molar-refractivity contribution in [3.8, 4) is 0 Å². The number of rotatable bonds is 6. The number of hydrogen-bond acceptors (Lipinski definition) is 4. The largest absolute Gasteiger partial charge is 0.320 e. The molecule has 1 aromatic heterocycles. The first-order chi connectivity index (χ1) is 13.5. The van der Waals surface area contributed by atoms with Crippen molar-refractivity contribution < 1.29 is 4.79 Å². The Balaban J connectivity index is 1.90. The smallest absolute Gasteiger partial charge is 0.274 e. The van der Waals surface area contributed by atoms with Crippen LogP contribution in [0, 0.1) is 6.92 Å². The number of nitrogens with zero attached hydrogens (tertiary/aromatic N) is 3. The zero-order valence-corrected chi connectivity index (χ0v) is 16.8. The van der Waals surface area contributed by atoms with Gasteiger partial charge in [-0.25, -0.2) is 9.97 Å². The average Bonchev–Trinajstić information content (AvgIpc) is 2.71. The Kier molecular flexibility index (Phi) is 6.04. The maximum Gasteiger partial charge on any atom is 0.274 e. The highest BCUT2D eigenvalue weighted by atomic mass is 16.1. The molecule has 0 aliphatic carbocycles. The molecule has 0 spiro atoms. The summed E-state index contributed by atoms with van der Waals surface area (Å²) in [6.07, 6.45) is 1.63. The molecule has 0 saturated carbocycles. The van der Waals surface area contributed by atoms with E-state index in [1.807, 2.05) is 67.3 Å².